The molecule has 1 aromatic heterocycles. The maximum absolute atomic E-state index is 12.8. The van der Waals surface area contributed by atoms with Crippen molar-refractivity contribution < 1.29 is 17.9 Å². The zero-order chi connectivity index (χ0) is 20.3. The van der Waals surface area contributed by atoms with Crippen LogP contribution in [-0.4, -0.2) is 25.7 Å². The lowest BCUT2D eigenvalue weighted by Gasteiger charge is -2.14. The fraction of sp³-hybridized carbons (Fsp3) is 0.200. The summed E-state index contributed by atoms with van der Waals surface area (Å²) >= 11 is 0. The van der Waals surface area contributed by atoms with E-state index in [9.17, 15) is 8.42 Å². The molecule has 0 spiro atoms. The Bertz CT molecular complexity index is 1080. The second-order valence-electron chi connectivity index (χ2n) is 6.26. The van der Waals surface area contributed by atoms with Gasteiger partial charge in [-0.2, -0.15) is 5.10 Å². The average molecular weight is 399 g/mol. The number of rotatable bonds is 6. The first-order valence-electron chi connectivity index (χ1n) is 8.55. The molecule has 0 aliphatic rings. The number of aromatic nitrogens is 2. The van der Waals surface area contributed by atoms with Crippen molar-refractivity contribution in [1.82, 2.24) is 10.2 Å². The van der Waals surface area contributed by atoms with Crippen LogP contribution >= 0.6 is 0 Å². The highest BCUT2D eigenvalue weighted by molar-refractivity contribution is 7.92. The first kappa shape index (κ1) is 19.6. The van der Waals surface area contributed by atoms with Gasteiger partial charge in [-0.15, -0.1) is 5.10 Å². The number of sulfonamides is 1. The number of methoxy groups -OCH3 is 1. The molecule has 0 aliphatic heterocycles. The molecular formula is C20H21N3O4S. The van der Waals surface area contributed by atoms with Gasteiger partial charge in [-0.05, 0) is 74.4 Å². The Kier molecular flexibility index (Phi) is 5.51. The Labute approximate surface area is 164 Å². The van der Waals surface area contributed by atoms with E-state index in [-0.39, 0.29) is 4.90 Å². The van der Waals surface area contributed by atoms with Crippen molar-refractivity contribution in [2.45, 2.75) is 25.7 Å². The highest BCUT2D eigenvalue weighted by atomic mass is 32.2. The molecule has 3 aromatic rings. The van der Waals surface area contributed by atoms with Gasteiger partial charge in [-0.3, -0.25) is 4.72 Å². The molecule has 7 nitrogen and oxygen atoms in total. The number of benzene rings is 2. The predicted octanol–water partition coefficient (Wildman–Crippen LogP) is 4.00. The van der Waals surface area contributed by atoms with Crippen LogP contribution in [0.15, 0.2) is 53.4 Å². The summed E-state index contributed by atoms with van der Waals surface area (Å²) in [6.07, 6.45) is 0. The largest absolute Gasteiger partial charge is 0.496 e. The molecule has 0 aliphatic carbocycles. The van der Waals surface area contributed by atoms with Crippen molar-refractivity contribution >= 4 is 15.7 Å². The predicted molar refractivity (Wildman–Crippen MR) is 107 cm³/mol. The zero-order valence-corrected chi connectivity index (χ0v) is 16.9. The Morgan fingerprint density at radius 2 is 1.57 bits per heavy atom. The Morgan fingerprint density at radius 1 is 0.857 bits per heavy atom. The molecule has 8 heteroatoms. The van der Waals surface area contributed by atoms with Crippen molar-refractivity contribution in [3.8, 4) is 17.4 Å². The van der Waals surface area contributed by atoms with E-state index < -0.39 is 10.0 Å². The molecule has 0 amide bonds. The van der Waals surface area contributed by atoms with Gasteiger partial charge >= 0.3 is 0 Å². The van der Waals surface area contributed by atoms with Gasteiger partial charge in [0.2, 0.25) is 5.88 Å². The zero-order valence-electron chi connectivity index (χ0n) is 16.1. The van der Waals surface area contributed by atoms with Gasteiger partial charge in [-0.1, -0.05) is 0 Å². The molecule has 28 heavy (non-hydrogen) atoms. The summed E-state index contributed by atoms with van der Waals surface area (Å²) in [5, 5.41) is 7.86. The van der Waals surface area contributed by atoms with Crippen molar-refractivity contribution in [2.75, 3.05) is 11.8 Å². The van der Waals surface area contributed by atoms with Gasteiger partial charge < -0.3 is 9.47 Å². The van der Waals surface area contributed by atoms with Gasteiger partial charge in [0.25, 0.3) is 10.0 Å². The van der Waals surface area contributed by atoms with Crippen molar-refractivity contribution in [1.29, 1.82) is 0 Å². The third kappa shape index (κ3) is 4.23. The number of aryl methyl sites for hydroxylation is 1. The molecule has 0 unspecified atom stereocenters. The van der Waals surface area contributed by atoms with E-state index in [0.717, 1.165) is 11.3 Å². The molecule has 3 rings (SSSR count). The summed E-state index contributed by atoms with van der Waals surface area (Å²) < 4.78 is 39.0. The Morgan fingerprint density at radius 3 is 2.18 bits per heavy atom. The van der Waals surface area contributed by atoms with E-state index >= 15 is 0 Å². The van der Waals surface area contributed by atoms with Gasteiger partial charge in [-0.25, -0.2) is 8.42 Å². The number of ether oxygens (including phenoxy) is 2. The lowest BCUT2D eigenvalue weighted by molar-refractivity contribution is 0.410. The minimum absolute atomic E-state index is 0.209. The standard InChI is InChI=1S/C20H21N3O4S/c1-13-5-12-20(22-21-13)27-17-8-6-16(7-9-17)23-28(24,25)19-11-10-18(26-4)14(2)15(19)3/h5-12,23H,1-4H3. The van der Waals surface area contributed by atoms with E-state index in [2.05, 4.69) is 14.9 Å². The molecule has 0 radical (unpaired) electrons. The Hall–Kier alpha value is -3.13. The van der Waals surface area contributed by atoms with Crippen molar-refractivity contribution in [3.63, 3.8) is 0 Å². The monoisotopic (exact) mass is 399 g/mol. The summed E-state index contributed by atoms with van der Waals surface area (Å²) in [7, 11) is -2.18. The molecule has 0 saturated carbocycles. The molecule has 0 atom stereocenters. The molecule has 0 fully saturated rings. The van der Waals surface area contributed by atoms with Crippen molar-refractivity contribution in [3.05, 3.63) is 65.4 Å². The molecule has 146 valence electrons. The molecular weight excluding hydrogens is 378 g/mol. The fourth-order valence-corrected chi connectivity index (χ4v) is 4.01. The SMILES string of the molecule is COc1ccc(S(=O)(=O)Nc2ccc(Oc3ccc(C)nn3)cc2)c(C)c1C. The normalized spacial score (nSPS) is 11.1. The van der Waals surface area contributed by atoms with Crippen molar-refractivity contribution in [2.24, 2.45) is 0 Å². The lowest BCUT2D eigenvalue weighted by Crippen LogP contribution is -2.15. The van der Waals surface area contributed by atoms with Crippen LogP contribution in [-0.2, 0) is 10.0 Å². The summed E-state index contributed by atoms with van der Waals surface area (Å²) in [5.41, 5.74) is 2.65. The van der Waals surface area contributed by atoms with Crippen LogP contribution in [0.25, 0.3) is 0 Å². The second-order valence-corrected chi connectivity index (χ2v) is 7.91. The van der Waals surface area contributed by atoms with Crippen LogP contribution in [0.1, 0.15) is 16.8 Å². The molecule has 1 N–H and O–H groups in total. The van der Waals surface area contributed by atoms with Gasteiger partial charge in [0.05, 0.1) is 17.7 Å². The minimum Gasteiger partial charge on any atom is -0.496 e. The summed E-state index contributed by atoms with van der Waals surface area (Å²) in [5.74, 6) is 1.54. The number of nitrogens with zero attached hydrogens (tertiary/aromatic N) is 2. The van der Waals surface area contributed by atoms with Gasteiger partial charge in [0.15, 0.2) is 0 Å². The van der Waals surface area contributed by atoms with Crippen LogP contribution in [0.5, 0.6) is 17.4 Å². The second kappa shape index (κ2) is 7.85. The highest BCUT2D eigenvalue weighted by Gasteiger charge is 2.19. The smallest absolute Gasteiger partial charge is 0.262 e. The maximum Gasteiger partial charge on any atom is 0.262 e. The summed E-state index contributed by atoms with van der Waals surface area (Å²) in [4.78, 5) is 0.209. The quantitative estimate of drug-likeness (QED) is 0.674. The summed E-state index contributed by atoms with van der Waals surface area (Å²) in [6.45, 7) is 5.42. The maximum atomic E-state index is 12.8. The number of hydrogen-bond donors (Lipinski definition) is 1. The van der Waals surface area contributed by atoms with Crippen LogP contribution in [0.2, 0.25) is 0 Å². The third-order valence-electron chi connectivity index (χ3n) is 4.30. The number of hydrogen-bond acceptors (Lipinski definition) is 6. The first-order chi connectivity index (χ1) is 13.3. The van der Waals surface area contributed by atoms with Crippen LogP contribution < -0.4 is 14.2 Å². The van der Waals surface area contributed by atoms with E-state index in [1.165, 1.54) is 6.07 Å². The van der Waals surface area contributed by atoms with Crippen LogP contribution in [0, 0.1) is 20.8 Å². The minimum atomic E-state index is -3.74. The van der Waals surface area contributed by atoms with E-state index in [4.69, 9.17) is 9.47 Å². The Balaban J connectivity index is 1.78. The van der Waals surface area contributed by atoms with E-state index in [0.29, 0.717) is 28.6 Å². The van der Waals surface area contributed by atoms with Gasteiger partial charge in [0.1, 0.15) is 11.5 Å². The third-order valence-corrected chi connectivity index (χ3v) is 5.83. The highest BCUT2D eigenvalue weighted by Crippen LogP contribution is 2.29. The molecule has 1 heterocycles. The first-order valence-corrected chi connectivity index (χ1v) is 10.0. The van der Waals surface area contributed by atoms with Gasteiger partial charge in [0, 0.05) is 11.8 Å². The molecule has 0 saturated heterocycles. The molecule has 2 aromatic carbocycles. The fourth-order valence-electron chi connectivity index (χ4n) is 2.65. The van der Waals surface area contributed by atoms with E-state index in [1.807, 2.05) is 13.8 Å². The summed E-state index contributed by atoms with van der Waals surface area (Å²) in [6, 6.07) is 13.3. The molecule has 0 bridgehead atoms. The van der Waals surface area contributed by atoms with E-state index in [1.54, 1.807) is 56.5 Å². The topological polar surface area (TPSA) is 90.4 Å². The average Bonchev–Trinajstić information content (AvgIpc) is 2.67. The van der Waals surface area contributed by atoms with Crippen LogP contribution in [0.4, 0.5) is 5.69 Å². The lowest BCUT2D eigenvalue weighted by atomic mass is 10.1. The number of nitrogens with one attached hydrogen (secondary N) is 1. The van der Waals surface area contributed by atoms with Crippen LogP contribution in [0.3, 0.4) is 0 Å². The number of anilines is 1.